The first kappa shape index (κ1) is 16.5. The van der Waals surface area contributed by atoms with E-state index in [0.717, 1.165) is 18.4 Å². The highest BCUT2D eigenvalue weighted by molar-refractivity contribution is 7.89. The SMILES string of the molecule is CCc1ccc(CO)cc1S(=O)(=O)N(CC(C)C)C1CC1. The monoisotopic (exact) mass is 311 g/mol. The van der Waals surface area contributed by atoms with Gasteiger partial charge in [-0.15, -0.1) is 0 Å². The number of aryl methyl sites for hydroxylation is 1. The molecule has 0 spiro atoms. The highest BCUT2D eigenvalue weighted by atomic mass is 32.2. The standard InChI is InChI=1S/C16H25NO3S/c1-4-14-6-5-13(11-18)9-16(14)21(19,20)17(10-12(2)3)15-7-8-15/h5-6,9,12,15,18H,4,7-8,10-11H2,1-3H3. The van der Waals surface area contributed by atoms with Crippen LogP contribution in [0, 0.1) is 5.92 Å². The van der Waals surface area contributed by atoms with Crippen molar-refractivity contribution in [3.05, 3.63) is 29.3 Å². The maximum absolute atomic E-state index is 13.0. The van der Waals surface area contributed by atoms with Gasteiger partial charge in [0, 0.05) is 12.6 Å². The molecule has 0 atom stereocenters. The molecule has 5 heteroatoms. The lowest BCUT2D eigenvalue weighted by atomic mass is 10.1. The Balaban J connectivity index is 2.45. The van der Waals surface area contributed by atoms with Crippen LogP contribution >= 0.6 is 0 Å². The average molecular weight is 311 g/mol. The third kappa shape index (κ3) is 3.65. The van der Waals surface area contributed by atoms with Crippen LogP contribution in [-0.2, 0) is 23.1 Å². The van der Waals surface area contributed by atoms with E-state index in [-0.39, 0.29) is 12.6 Å². The van der Waals surface area contributed by atoms with Gasteiger partial charge in [-0.1, -0.05) is 32.9 Å². The highest BCUT2D eigenvalue weighted by Crippen LogP contribution is 2.34. The van der Waals surface area contributed by atoms with Gasteiger partial charge in [0.1, 0.15) is 0 Å². The lowest BCUT2D eigenvalue weighted by Crippen LogP contribution is -2.36. The minimum absolute atomic E-state index is 0.139. The molecular formula is C16H25NO3S. The van der Waals surface area contributed by atoms with Crippen molar-refractivity contribution in [2.45, 2.75) is 57.6 Å². The van der Waals surface area contributed by atoms with E-state index < -0.39 is 10.0 Å². The summed E-state index contributed by atoms with van der Waals surface area (Å²) in [4.78, 5) is 0.365. The van der Waals surface area contributed by atoms with Crippen LogP contribution in [0.3, 0.4) is 0 Å². The van der Waals surface area contributed by atoms with Gasteiger partial charge in [-0.2, -0.15) is 4.31 Å². The molecule has 0 aromatic heterocycles. The second-order valence-electron chi connectivity index (χ2n) is 6.15. The van der Waals surface area contributed by atoms with Gasteiger partial charge in [-0.25, -0.2) is 8.42 Å². The molecule has 1 aliphatic rings. The van der Waals surface area contributed by atoms with Crippen LogP contribution in [0.4, 0.5) is 0 Å². The molecule has 2 rings (SSSR count). The summed E-state index contributed by atoms with van der Waals surface area (Å²) in [7, 11) is -3.49. The second kappa shape index (κ2) is 6.46. The normalized spacial score (nSPS) is 15.9. The maximum Gasteiger partial charge on any atom is 0.243 e. The molecular weight excluding hydrogens is 286 g/mol. The zero-order chi connectivity index (χ0) is 15.6. The molecule has 1 aliphatic carbocycles. The van der Waals surface area contributed by atoms with Crippen molar-refractivity contribution in [3.8, 4) is 0 Å². The largest absolute Gasteiger partial charge is 0.392 e. The third-order valence-corrected chi connectivity index (χ3v) is 5.78. The van der Waals surface area contributed by atoms with Gasteiger partial charge in [-0.3, -0.25) is 0 Å². The van der Waals surface area contributed by atoms with E-state index in [4.69, 9.17) is 0 Å². The Morgan fingerprint density at radius 1 is 1.33 bits per heavy atom. The van der Waals surface area contributed by atoms with Gasteiger partial charge < -0.3 is 5.11 Å². The Hall–Kier alpha value is -0.910. The van der Waals surface area contributed by atoms with E-state index in [0.29, 0.717) is 29.3 Å². The molecule has 4 nitrogen and oxygen atoms in total. The van der Waals surface area contributed by atoms with Gasteiger partial charge in [-0.05, 0) is 42.4 Å². The molecule has 0 amide bonds. The number of aliphatic hydroxyl groups excluding tert-OH is 1. The molecule has 0 bridgehead atoms. The summed E-state index contributed by atoms with van der Waals surface area (Å²) < 4.78 is 27.7. The van der Waals surface area contributed by atoms with E-state index in [1.54, 1.807) is 16.4 Å². The van der Waals surface area contributed by atoms with Crippen molar-refractivity contribution in [3.63, 3.8) is 0 Å². The summed E-state index contributed by atoms with van der Waals surface area (Å²) in [5.41, 5.74) is 1.47. The lowest BCUT2D eigenvalue weighted by molar-refractivity contribution is 0.281. The zero-order valence-corrected chi connectivity index (χ0v) is 13.9. The first-order valence-corrected chi connectivity index (χ1v) is 9.08. The Morgan fingerprint density at radius 2 is 2.00 bits per heavy atom. The Kier molecular flexibility index (Phi) is 5.07. The number of sulfonamides is 1. The summed E-state index contributed by atoms with van der Waals surface area (Å²) >= 11 is 0. The predicted molar refractivity (Wildman–Crippen MR) is 83.5 cm³/mol. The van der Waals surface area contributed by atoms with Gasteiger partial charge in [0.25, 0.3) is 0 Å². The first-order chi connectivity index (χ1) is 9.90. The molecule has 0 aliphatic heterocycles. The van der Waals surface area contributed by atoms with Crippen molar-refractivity contribution < 1.29 is 13.5 Å². The molecule has 1 aromatic rings. The topological polar surface area (TPSA) is 57.6 Å². The van der Waals surface area contributed by atoms with Crippen LogP contribution < -0.4 is 0 Å². The minimum atomic E-state index is -3.49. The fraction of sp³-hybridized carbons (Fsp3) is 0.625. The van der Waals surface area contributed by atoms with Crippen molar-refractivity contribution in [2.75, 3.05) is 6.54 Å². The second-order valence-corrected chi connectivity index (χ2v) is 8.01. The number of hydrogen-bond donors (Lipinski definition) is 1. The van der Waals surface area contributed by atoms with Gasteiger partial charge in [0.05, 0.1) is 11.5 Å². The molecule has 0 saturated heterocycles. The van der Waals surface area contributed by atoms with E-state index in [1.165, 1.54) is 0 Å². The molecule has 0 unspecified atom stereocenters. The van der Waals surface area contributed by atoms with Crippen LogP contribution in [0.2, 0.25) is 0 Å². The summed E-state index contributed by atoms with van der Waals surface area (Å²) in [5, 5.41) is 9.29. The average Bonchev–Trinajstić information content (AvgIpc) is 3.28. The zero-order valence-electron chi connectivity index (χ0n) is 13.0. The molecule has 1 fully saturated rings. The smallest absolute Gasteiger partial charge is 0.243 e. The van der Waals surface area contributed by atoms with Crippen molar-refractivity contribution in [1.82, 2.24) is 4.31 Å². The summed E-state index contributed by atoms with van der Waals surface area (Å²) in [6.45, 7) is 6.45. The van der Waals surface area contributed by atoms with E-state index in [9.17, 15) is 13.5 Å². The summed E-state index contributed by atoms with van der Waals surface area (Å²) in [5.74, 6) is 0.298. The first-order valence-electron chi connectivity index (χ1n) is 7.64. The van der Waals surface area contributed by atoms with Gasteiger partial charge in [0.15, 0.2) is 0 Å². The van der Waals surface area contributed by atoms with E-state index in [2.05, 4.69) is 0 Å². The van der Waals surface area contributed by atoms with Crippen molar-refractivity contribution in [2.24, 2.45) is 5.92 Å². The molecule has 1 N–H and O–H groups in total. The summed E-state index contributed by atoms with van der Waals surface area (Å²) in [6, 6.07) is 5.39. The summed E-state index contributed by atoms with van der Waals surface area (Å²) in [6.07, 6.45) is 2.57. The van der Waals surface area contributed by atoms with Gasteiger partial charge >= 0.3 is 0 Å². The highest BCUT2D eigenvalue weighted by Gasteiger charge is 2.39. The third-order valence-electron chi connectivity index (χ3n) is 3.78. The van der Waals surface area contributed by atoms with Crippen LogP contribution in [0.1, 0.15) is 44.7 Å². The quantitative estimate of drug-likeness (QED) is 0.842. The fourth-order valence-corrected chi connectivity index (χ4v) is 4.72. The van der Waals surface area contributed by atoms with Crippen LogP contribution in [-0.4, -0.2) is 30.4 Å². The van der Waals surface area contributed by atoms with Crippen molar-refractivity contribution in [1.29, 1.82) is 0 Å². The van der Waals surface area contributed by atoms with E-state index in [1.807, 2.05) is 26.8 Å². The Bertz CT molecular complexity index is 592. The predicted octanol–water partition coefficient (Wildman–Crippen LogP) is 2.55. The molecule has 0 heterocycles. The molecule has 1 aromatic carbocycles. The maximum atomic E-state index is 13.0. The minimum Gasteiger partial charge on any atom is -0.392 e. The lowest BCUT2D eigenvalue weighted by Gasteiger charge is -2.25. The number of aliphatic hydroxyl groups is 1. The number of benzene rings is 1. The number of nitrogens with zero attached hydrogens (tertiary/aromatic N) is 1. The number of hydrogen-bond acceptors (Lipinski definition) is 3. The molecule has 21 heavy (non-hydrogen) atoms. The molecule has 0 radical (unpaired) electrons. The van der Waals surface area contributed by atoms with Gasteiger partial charge in [0.2, 0.25) is 10.0 Å². The van der Waals surface area contributed by atoms with Crippen LogP contribution in [0.25, 0.3) is 0 Å². The van der Waals surface area contributed by atoms with Crippen LogP contribution in [0.15, 0.2) is 23.1 Å². The van der Waals surface area contributed by atoms with Crippen molar-refractivity contribution >= 4 is 10.0 Å². The van der Waals surface area contributed by atoms with Crippen LogP contribution in [0.5, 0.6) is 0 Å². The number of rotatable bonds is 7. The Labute approximate surface area is 127 Å². The molecule has 1 saturated carbocycles. The Morgan fingerprint density at radius 3 is 2.48 bits per heavy atom. The van der Waals surface area contributed by atoms with E-state index >= 15 is 0 Å². The molecule has 118 valence electrons. The fourth-order valence-electron chi connectivity index (χ4n) is 2.52.